The monoisotopic (exact) mass is 393 g/mol. The SMILES string of the molecule is COc1cc(C#N)ccc1S(=O)(=O)NC1CCCc2cc(N)ccc21.Cl. The molecular weight excluding hydrogens is 374 g/mol. The van der Waals surface area contributed by atoms with Crippen molar-refractivity contribution in [3.8, 4) is 11.8 Å². The molecule has 1 atom stereocenters. The van der Waals surface area contributed by atoms with E-state index < -0.39 is 10.0 Å². The van der Waals surface area contributed by atoms with Gasteiger partial charge in [0.25, 0.3) is 0 Å². The van der Waals surface area contributed by atoms with Gasteiger partial charge in [-0.15, -0.1) is 12.4 Å². The Kier molecular flexibility index (Phi) is 6.13. The molecule has 0 fully saturated rings. The van der Waals surface area contributed by atoms with Crippen molar-refractivity contribution >= 4 is 28.1 Å². The molecule has 0 saturated heterocycles. The molecule has 2 aromatic rings. The van der Waals surface area contributed by atoms with Gasteiger partial charge in [0.15, 0.2) is 0 Å². The maximum Gasteiger partial charge on any atom is 0.244 e. The summed E-state index contributed by atoms with van der Waals surface area (Å²) in [7, 11) is -2.41. The Morgan fingerprint density at radius 2 is 2.04 bits per heavy atom. The molecule has 138 valence electrons. The van der Waals surface area contributed by atoms with Gasteiger partial charge in [0.2, 0.25) is 10.0 Å². The second kappa shape index (κ2) is 7.96. The molecule has 6 nitrogen and oxygen atoms in total. The van der Waals surface area contributed by atoms with E-state index in [0.29, 0.717) is 11.3 Å². The van der Waals surface area contributed by atoms with Crippen LogP contribution in [0.5, 0.6) is 5.75 Å². The van der Waals surface area contributed by atoms with Gasteiger partial charge in [0.1, 0.15) is 10.6 Å². The van der Waals surface area contributed by atoms with Crippen LogP contribution in [0.1, 0.15) is 35.6 Å². The van der Waals surface area contributed by atoms with Crippen LogP contribution in [0.25, 0.3) is 0 Å². The number of nitrogens with two attached hydrogens (primary N) is 1. The van der Waals surface area contributed by atoms with Crippen molar-refractivity contribution in [2.45, 2.75) is 30.2 Å². The van der Waals surface area contributed by atoms with Crippen molar-refractivity contribution in [1.82, 2.24) is 4.72 Å². The van der Waals surface area contributed by atoms with Gasteiger partial charge in [-0.25, -0.2) is 13.1 Å². The van der Waals surface area contributed by atoms with Crippen LogP contribution in [0, 0.1) is 11.3 Å². The number of nitrogen functional groups attached to an aromatic ring is 1. The highest BCUT2D eigenvalue weighted by Gasteiger charge is 2.28. The van der Waals surface area contributed by atoms with Gasteiger partial charge in [-0.05, 0) is 60.7 Å². The molecule has 26 heavy (non-hydrogen) atoms. The van der Waals surface area contributed by atoms with Crippen molar-refractivity contribution in [3.63, 3.8) is 0 Å². The number of ether oxygens (including phenoxy) is 1. The fraction of sp³-hybridized carbons (Fsp3) is 0.278. The summed E-state index contributed by atoms with van der Waals surface area (Å²) in [6.07, 6.45) is 2.49. The van der Waals surface area contributed by atoms with Crippen molar-refractivity contribution in [3.05, 3.63) is 53.1 Å². The number of hydrogen-bond acceptors (Lipinski definition) is 5. The van der Waals surface area contributed by atoms with Crippen LogP contribution in [-0.2, 0) is 16.4 Å². The Morgan fingerprint density at radius 3 is 2.73 bits per heavy atom. The molecule has 0 aliphatic heterocycles. The molecule has 1 unspecified atom stereocenters. The molecular formula is C18H20ClN3O3S. The van der Waals surface area contributed by atoms with Crippen molar-refractivity contribution in [1.29, 1.82) is 5.26 Å². The van der Waals surface area contributed by atoms with Gasteiger partial charge in [0.05, 0.1) is 18.7 Å². The van der Waals surface area contributed by atoms with Crippen LogP contribution >= 0.6 is 12.4 Å². The molecule has 0 amide bonds. The molecule has 0 aromatic heterocycles. The second-order valence-electron chi connectivity index (χ2n) is 6.00. The fourth-order valence-electron chi connectivity index (χ4n) is 3.17. The molecule has 0 spiro atoms. The van der Waals surface area contributed by atoms with Gasteiger partial charge >= 0.3 is 0 Å². The minimum absolute atomic E-state index is 0. The first-order chi connectivity index (χ1) is 11.9. The van der Waals surface area contributed by atoms with Crippen LogP contribution in [0.4, 0.5) is 5.69 Å². The number of fused-ring (bicyclic) bond motifs is 1. The first-order valence-electron chi connectivity index (χ1n) is 7.93. The number of rotatable bonds is 4. The lowest BCUT2D eigenvalue weighted by Gasteiger charge is -2.26. The summed E-state index contributed by atoms with van der Waals surface area (Å²) >= 11 is 0. The van der Waals surface area contributed by atoms with Gasteiger partial charge in [-0.3, -0.25) is 0 Å². The van der Waals surface area contributed by atoms with E-state index in [1.807, 2.05) is 18.2 Å². The number of halogens is 1. The number of aryl methyl sites for hydroxylation is 1. The molecule has 1 aliphatic carbocycles. The number of anilines is 1. The lowest BCUT2D eigenvalue weighted by Crippen LogP contribution is -2.31. The van der Waals surface area contributed by atoms with Crippen LogP contribution in [-0.4, -0.2) is 15.5 Å². The van der Waals surface area contributed by atoms with E-state index in [1.165, 1.54) is 25.3 Å². The van der Waals surface area contributed by atoms with E-state index in [2.05, 4.69) is 4.72 Å². The number of sulfonamides is 1. The summed E-state index contributed by atoms with van der Waals surface area (Å²) in [4.78, 5) is 0.0246. The van der Waals surface area contributed by atoms with Crippen molar-refractivity contribution < 1.29 is 13.2 Å². The molecule has 0 radical (unpaired) electrons. The third-order valence-corrected chi connectivity index (χ3v) is 5.87. The molecule has 0 heterocycles. The lowest BCUT2D eigenvalue weighted by molar-refractivity contribution is 0.401. The van der Waals surface area contributed by atoms with Crippen LogP contribution in [0.3, 0.4) is 0 Å². The summed E-state index contributed by atoms with van der Waals surface area (Å²) in [6, 6.07) is 11.5. The first-order valence-corrected chi connectivity index (χ1v) is 9.41. The Morgan fingerprint density at radius 1 is 1.27 bits per heavy atom. The summed E-state index contributed by atoms with van der Waals surface area (Å²) in [5, 5.41) is 8.96. The van der Waals surface area contributed by atoms with Gasteiger partial charge in [-0.1, -0.05) is 6.07 Å². The zero-order valence-corrected chi connectivity index (χ0v) is 15.9. The number of nitrogens with one attached hydrogen (secondary N) is 1. The highest BCUT2D eigenvalue weighted by molar-refractivity contribution is 7.89. The third kappa shape index (κ3) is 3.93. The van der Waals surface area contributed by atoms with E-state index in [0.717, 1.165) is 30.4 Å². The van der Waals surface area contributed by atoms with Crippen LogP contribution in [0.15, 0.2) is 41.3 Å². The maximum absolute atomic E-state index is 12.9. The molecule has 0 saturated carbocycles. The average molecular weight is 394 g/mol. The highest BCUT2D eigenvalue weighted by atomic mass is 35.5. The predicted molar refractivity (Wildman–Crippen MR) is 102 cm³/mol. The van der Waals surface area contributed by atoms with Gasteiger partial charge in [-0.2, -0.15) is 5.26 Å². The summed E-state index contributed by atoms with van der Waals surface area (Å²) in [5.41, 5.74) is 8.88. The predicted octanol–water partition coefficient (Wildman–Crippen LogP) is 2.93. The summed E-state index contributed by atoms with van der Waals surface area (Å²) in [5.74, 6) is 0.153. The minimum Gasteiger partial charge on any atom is -0.495 e. The zero-order valence-electron chi connectivity index (χ0n) is 14.2. The topological polar surface area (TPSA) is 105 Å². The smallest absolute Gasteiger partial charge is 0.244 e. The summed E-state index contributed by atoms with van der Waals surface area (Å²) in [6.45, 7) is 0. The van der Waals surface area contributed by atoms with Crippen LogP contribution < -0.4 is 15.2 Å². The van der Waals surface area contributed by atoms with Gasteiger partial charge < -0.3 is 10.5 Å². The molecule has 2 aromatic carbocycles. The number of hydrogen-bond donors (Lipinski definition) is 2. The summed E-state index contributed by atoms with van der Waals surface area (Å²) < 4.78 is 33.6. The Labute approximate surface area is 159 Å². The van der Waals surface area contributed by atoms with Crippen molar-refractivity contribution in [2.24, 2.45) is 0 Å². The van der Waals surface area contributed by atoms with E-state index in [4.69, 9.17) is 15.7 Å². The minimum atomic E-state index is -3.80. The quantitative estimate of drug-likeness (QED) is 0.777. The highest BCUT2D eigenvalue weighted by Crippen LogP contribution is 2.33. The number of methoxy groups -OCH3 is 1. The van der Waals surface area contributed by atoms with E-state index in [-0.39, 0.29) is 29.1 Å². The molecule has 3 rings (SSSR count). The van der Waals surface area contributed by atoms with Gasteiger partial charge in [0, 0.05) is 11.7 Å². The Hall–Kier alpha value is -2.27. The third-order valence-electron chi connectivity index (χ3n) is 4.36. The standard InChI is InChI=1S/C18H19N3O3S.ClH/c1-24-17-9-12(11-19)5-8-18(17)25(22,23)21-16-4-2-3-13-10-14(20)6-7-15(13)16;/h5-10,16,21H,2-4,20H2,1H3;1H. The van der Waals surface area contributed by atoms with Crippen LogP contribution in [0.2, 0.25) is 0 Å². The Balaban J connectivity index is 0.00000243. The molecule has 3 N–H and O–H groups in total. The lowest BCUT2D eigenvalue weighted by atomic mass is 9.88. The Bertz CT molecular complexity index is 955. The number of benzene rings is 2. The number of nitrogens with zero attached hydrogens (tertiary/aromatic N) is 1. The largest absolute Gasteiger partial charge is 0.495 e. The molecule has 0 bridgehead atoms. The zero-order chi connectivity index (χ0) is 18.0. The molecule has 8 heteroatoms. The second-order valence-corrected chi connectivity index (χ2v) is 7.68. The fourth-order valence-corrected chi connectivity index (χ4v) is 4.57. The van der Waals surface area contributed by atoms with E-state index >= 15 is 0 Å². The van der Waals surface area contributed by atoms with E-state index in [9.17, 15) is 8.42 Å². The molecule has 1 aliphatic rings. The van der Waals surface area contributed by atoms with Crippen molar-refractivity contribution in [2.75, 3.05) is 12.8 Å². The normalized spacial score (nSPS) is 16.1. The first kappa shape index (κ1) is 20.0. The number of nitriles is 1. The maximum atomic E-state index is 12.9. The average Bonchev–Trinajstić information content (AvgIpc) is 2.60. The van der Waals surface area contributed by atoms with E-state index in [1.54, 1.807) is 6.07 Å².